The van der Waals surface area contributed by atoms with Crippen molar-refractivity contribution in [2.75, 3.05) is 26.2 Å². The van der Waals surface area contributed by atoms with Crippen LogP contribution in [0.15, 0.2) is 24.3 Å². The van der Waals surface area contributed by atoms with Crippen LogP contribution in [0.2, 0.25) is 0 Å². The summed E-state index contributed by atoms with van der Waals surface area (Å²) in [5, 5.41) is 0. The van der Waals surface area contributed by atoms with Gasteiger partial charge in [0.15, 0.2) is 0 Å². The number of hydrogen-bond donors (Lipinski definition) is 0. The van der Waals surface area contributed by atoms with E-state index in [1.807, 2.05) is 12.1 Å². The first-order valence-corrected chi connectivity index (χ1v) is 6.73. The molecule has 0 bridgehead atoms. The Balaban J connectivity index is 0.00000200. The molecule has 1 saturated heterocycles. The summed E-state index contributed by atoms with van der Waals surface area (Å²) in [6.07, 6.45) is 1.41. The van der Waals surface area contributed by atoms with E-state index in [1.54, 1.807) is 12.1 Å². The second-order valence-corrected chi connectivity index (χ2v) is 5.05. The molecule has 0 radical (unpaired) electrons. The molecule has 2 unspecified atom stereocenters. The number of aldehydes is 1. The third-order valence-corrected chi connectivity index (χ3v) is 3.19. The highest BCUT2D eigenvalue weighted by Gasteiger charge is 2.21. The van der Waals surface area contributed by atoms with Crippen molar-refractivity contribution >= 4 is 18.7 Å². The van der Waals surface area contributed by atoms with Crippen molar-refractivity contribution in [2.45, 2.75) is 26.1 Å². The minimum Gasteiger partial charge on any atom is -0.492 e. The van der Waals surface area contributed by atoms with Crippen LogP contribution in [0, 0.1) is 0 Å². The molecule has 1 aromatic rings. The zero-order valence-electron chi connectivity index (χ0n) is 12.0. The van der Waals surface area contributed by atoms with Crippen molar-refractivity contribution in [1.29, 1.82) is 0 Å². The molecule has 20 heavy (non-hydrogen) atoms. The lowest BCUT2D eigenvalue weighted by Crippen LogP contribution is -2.46. The van der Waals surface area contributed by atoms with Crippen LogP contribution in [-0.2, 0) is 4.74 Å². The summed E-state index contributed by atoms with van der Waals surface area (Å²) >= 11 is 0. The summed E-state index contributed by atoms with van der Waals surface area (Å²) < 4.78 is 11.4. The largest absolute Gasteiger partial charge is 0.492 e. The van der Waals surface area contributed by atoms with Gasteiger partial charge in [-0.1, -0.05) is 0 Å². The van der Waals surface area contributed by atoms with Crippen LogP contribution in [-0.4, -0.2) is 49.6 Å². The fraction of sp³-hybridized carbons (Fsp3) is 0.533. The zero-order chi connectivity index (χ0) is 13.7. The van der Waals surface area contributed by atoms with Crippen LogP contribution in [0.4, 0.5) is 0 Å². The maximum absolute atomic E-state index is 10.5. The summed E-state index contributed by atoms with van der Waals surface area (Å²) in [6, 6.07) is 7.19. The molecule has 4 nitrogen and oxygen atoms in total. The number of hydrogen-bond acceptors (Lipinski definition) is 4. The minimum atomic E-state index is 0. The molecule has 5 heteroatoms. The Morgan fingerprint density at radius 1 is 1.25 bits per heavy atom. The second kappa shape index (κ2) is 8.25. The van der Waals surface area contributed by atoms with E-state index in [9.17, 15) is 4.79 Å². The number of benzene rings is 1. The molecule has 1 aromatic carbocycles. The van der Waals surface area contributed by atoms with E-state index in [0.29, 0.717) is 12.2 Å². The predicted molar refractivity (Wildman–Crippen MR) is 81.0 cm³/mol. The van der Waals surface area contributed by atoms with Crippen LogP contribution in [0.5, 0.6) is 5.75 Å². The van der Waals surface area contributed by atoms with Crippen LogP contribution in [0.25, 0.3) is 0 Å². The Hall–Kier alpha value is -1.10. The van der Waals surface area contributed by atoms with Gasteiger partial charge < -0.3 is 9.47 Å². The Morgan fingerprint density at radius 2 is 1.85 bits per heavy atom. The Kier molecular flexibility index (Phi) is 6.99. The third-order valence-electron chi connectivity index (χ3n) is 3.19. The van der Waals surface area contributed by atoms with E-state index in [4.69, 9.17) is 9.47 Å². The lowest BCUT2D eigenvalue weighted by Gasteiger charge is -2.35. The van der Waals surface area contributed by atoms with Gasteiger partial charge in [-0.05, 0) is 38.1 Å². The zero-order valence-corrected chi connectivity index (χ0v) is 12.8. The number of carbonyl (C=O) groups excluding carboxylic acids is 1. The Labute approximate surface area is 126 Å². The topological polar surface area (TPSA) is 38.8 Å². The SMILES string of the molecule is CC1CN(CCOc2ccc(C=O)cc2)CC(C)O1.Cl. The molecule has 112 valence electrons. The fourth-order valence-electron chi connectivity index (χ4n) is 2.40. The summed E-state index contributed by atoms with van der Waals surface area (Å²) in [6.45, 7) is 7.66. The van der Waals surface area contributed by atoms with Crippen molar-refractivity contribution < 1.29 is 14.3 Å². The summed E-state index contributed by atoms with van der Waals surface area (Å²) in [5.41, 5.74) is 0.670. The van der Waals surface area contributed by atoms with Gasteiger partial charge in [-0.15, -0.1) is 12.4 Å². The maximum Gasteiger partial charge on any atom is 0.150 e. The Bertz CT molecular complexity index is 400. The molecule has 2 rings (SSSR count). The molecule has 0 spiro atoms. The van der Waals surface area contributed by atoms with E-state index in [2.05, 4.69) is 18.7 Å². The van der Waals surface area contributed by atoms with Gasteiger partial charge in [0.25, 0.3) is 0 Å². The van der Waals surface area contributed by atoms with Crippen LogP contribution in [0.3, 0.4) is 0 Å². The highest BCUT2D eigenvalue weighted by molar-refractivity contribution is 5.85. The average molecular weight is 300 g/mol. The van der Waals surface area contributed by atoms with Gasteiger partial charge in [-0.3, -0.25) is 9.69 Å². The van der Waals surface area contributed by atoms with Gasteiger partial charge >= 0.3 is 0 Å². The number of halogens is 1. The average Bonchev–Trinajstić information content (AvgIpc) is 2.38. The number of rotatable bonds is 5. The van der Waals surface area contributed by atoms with E-state index in [0.717, 1.165) is 31.7 Å². The second-order valence-electron chi connectivity index (χ2n) is 5.05. The van der Waals surface area contributed by atoms with Crippen LogP contribution >= 0.6 is 12.4 Å². The van der Waals surface area contributed by atoms with Crippen LogP contribution in [0.1, 0.15) is 24.2 Å². The molecule has 1 aliphatic heterocycles. The van der Waals surface area contributed by atoms with E-state index < -0.39 is 0 Å². The monoisotopic (exact) mass is 299 g/mol. The maximum atomic E-state index is 10.5. The molecular weight excluding hydrogens is 278 g/mol. The van der Waals surface area contributed by atoms with Crippen LogP contribution < -0.4 is 4.74 Å². The summed E-state index contributed by atoms with van der Waals surface area (Å²) in [5.74, 6) is 0.806. The number of ether oxygens (including phenoxy) is 2. The quantitative estimate of drug-likeness (QED) is 0.783. The number of morpholine rings is 1. The first-order chi connectivity index (χ1) is 9.17. The minimum absolute atomic E-state index is 0. The van der Waals surface area contributed by atoms with Crippen molar-refractivity contribution in [3.63, 3.8) is 0 Å². The van der Waals surface area contributed by atoms with Gasteiger partial charge in [0.1, 0.15) is 18.6 Å². The molecule has 1 aliphatic rings. The van der Waals surface area contributed by atoms with Gasteiger partial charge in [0, 0.05) is 25.2 Å². The Morgan fingerprint density at radius 3 is 2.40 bits per heavy atom. The van der Waals surface area contributed by atoms with Crippen molar-refractivity contribution in [3.8, 4) is 5.75 Å². The smallest absolute Gasteiger partial charge is 0.150 e. The van der Waals surface area contributed by atoms with Gasteiger partial charge in [-0.2, -0.15) is 0 Å². The lowest BCUT2D eigenvalue weighted by molar-refractivity contribution is -0.0699. The summed E-state index contributed by atoms with van der Waals surface area (Å²) in [7, 11) is 0. The molecule has 0 amide bonds. The van der Waals surface area contributed by atoms with E-state index in [1.165, 1.54) is 0 Å². The van der Waals surface area contributed by atoms with E-state index in [-0.39, 0.29) is 24.6 Å². The molecular formula is C15H22ClNO3. The molecule has 0 N–H and O–H groups in total. The lowest BCUT2D eigenvalue weighted by atomic mass is 10.2. The normalized spacial score (nSPS) is 22.9. The molecule has 2 atom stereocenters. The predicted octanol–water partition coefficient (Wildman–Crippen LogP) is 2.41. The van der Waals surface area contributed by atoms with Crippen molar-refractivity contribution in [3.05, 3.63) is 29.8 Å². The standard InChI is InChI=1S/C15H21NO3.ClH/c1-12-9-16(10-13(2)19-12)7-8-18-15-5-3-14(11-17)4-6-15;/h3-6,11-13H,7-10H2,1-2H3;1H. The van der Waals surface area contributed by atoms with Gasteiger partial charge in [0.2, 0.25) is 0 Å². The molecule has 0 aromatic heterocycles. The van der Waals surface area contributed by atoms with Crippen molar-refractivity contribution in [1.82, 2.24) is 4.90 Å². The molecule has 1 heterocycles. The number of carbonyl (C=O) groups is 1. The first-order valence-electron chi connectivity index (χ1n) is 6.73. The van der Waals surface area contributed by atoms with Crippen molar-refractivity contribution in [2.24, 2.45) is 0 Å². The molecule has 1 fully saturated rings. The van der Waals surface area contributed by atoms with E-state index >= 15 is 0 Å². The van der Waals surface area contributed by atoms with Gasteiger partial charge in [0.05, 0.1) is 12.2 Å². The highest BCUT2D eigenvalue weighted by Crippen LogP contribution is 2.13. The molecule has 0 saturated carbocycles. The van der Waals surface area contributed by atoms with Gasteiger partial charge in [-0.25, -0.2) is 0 Å². The highest BCUT2D eigenvalue weighted by atomic mass is 35.5. The third kappa shape index (κ3) is 5.12. The first kappa shape index (κ1) is 17.0. The molecule has 0 aliphatic carbocycles. The fourth-order valence-corrected chi connectivity index (χ4v) is 2.40. The number of nitrogens with zero attached hydrogens (tertiary/aromatic N) is 1. The summed E-state index contributed by atoms with van der Waals surface area (Å²) in [4.78, 5) is 12.9.